The van der Waals surface area contributed by atoms with Gasteiger partial charge in [0.05, 0.1) is 19.7 Å². The molecule has 0 amide bonds. The Balaban J connectivity index is 2.32. The summed E-state index contributed by atoms with van der Waals surface area (Å²) in [5, 5.41) is 0.0347. The summed E-state index contributed by atoms with van der Waals surface area (Å²) >= 11 is 0. The fraction of sp³-hybridized carbons (Fsp3) is 0.875. The summed E-state index contributed by atoms with van der Waals surface area (Å²) in [7, 11) is -1.31. The number of carbonyl (C=O) groups is 1. The first-order chi connectivity index (χ1) is 4.98. The molecule has 1 saturated carbocycles. The number of ether oxygens (including phenoxy) is 1. The van der Waals surface area contributed by atoms with Crippen LogP contribution in [0.3, 0.4) is 0 Å². The number of hydrogen-bond donors (Lipinski definition) is 0. The number of hydrogen-bond acceptors (Lipinski definition) is 2. The molecule has 62 valence electrons. The smallest absolute Gasteiger partial charge is 0.309 e. The maximum atomic E-state index is 11.4. The second-order valence-corrected chi connectivity index (χ2v) is 10.1. The average molecular weight is 170 g/mol. The molecular weight excluding hydrogens is 156 g/mol. The molecule has 0 radical (unpaired) electrons. The predicted molar refractivity (Wildman–Crippen MR) is 45.1 cm³/mol. The monoisotopic (exact) mass is 170 g/mol. The van der Waals surface area contributed by atoms with Crippen LogP contribution in [0.4, 0.5) is 0 Å². The Bertz CT molecular complexity index is 219. The molecule has 11 heavy (non-hydrogen) atoms. The molecule has 0 N–H and O–H groups in total. The van der Waals surface area contributed by atoms with Crippen LogP contribution >= 0.6 is 0 Å². The summed E-state index contributed by atoms with van der Waals surface area (Å²) in [6.45, 7) is 7.49. The topological polar surface area (TPSA) is 26.3 Å². The Morgan fingerprint density at radius 3 is 2.36 bits per heavy atom. The quantitative estimate of drug-likeness (QED) is 0.442. The molecule has 1 saturated heterocycles. The first-order valence-corrected chi connectivity index (χ1v) is 7.66. The number of fused-ring (bicyclic) bond motifs is 1. The lowest BCUT2D eigenvalue weighted by atomic mass is 10.4. The van der Waals surface area contributed by atoms with Crippen LogP contribution in [-0.2, 0) is 9.53 Å². The molecule has 0 spiro atoms. The maximum absolute atomic E-state index is 11.4. The van der Waals surface area contributed by atoms with E-state index in [1.165, 1.54) is 0 Å². The van der Waals surface area contributed by atoms with Gasteiger partial charge in [-0.25, -0.2) is 0 Å². The largest absolute Gasteiger partial charge is 0.465 e. The second kappa shape index (κ2) is 1.71. The molecule has 2 fully saturated rings. The van der Waals surface area contributed by atoms with Gasteiger partial charge in [0.25, 0.3) is 0 Å². The molecule has 0 aromatic heterocycles. The van der Waals surface area contributed by atoms with Crippen molar-refractivity contribution in [3.05, 3.63) is 0 Å². The van der Waals surface area contributed by atoms with Gasteiger partial charge in [-0.15, -0.1) is 0 Å². The third-order valence-corrected chi connectivity index (χ3v) is 6.72. The lowest BCUT2D eigenvalue weighted by Gasteiger charge is -2.23. The summed E-state index contributed by atoms with van der Waals surface area (Å²) < 4.78 is 5.04. The van der Waals surface area contributed by atoms with E-state index in [0.29, 0.717) is 12.5 Å². The van der Waals surface area contributed by atoms with Crippen LogP contribution in [0, 0.1) is 5.92 Å². The van der Waals surface area contributed by atoms with E-state index >= 15 is 0 Å². The molecule has 1 aliphatic heterocycles. The van der Waals surface area contributed by atoms with Crippen molar-refractivity contribution >= 4 is 14.0 Å². The predicted octanol–water partition coefficient (Wildman–Crippen LogP) is 1.64. The molecule has 2 rings (SSSR count). The van der Waals surface area contributed by atoms with E-state index in [9.17, 15) is 4.79 Å². The zero-order valence-electron chi connectivity index (χ0n) is 7.31. The van der Waals surface area contributed by atoms with Gasteiger partial charge in [0.1, 0.15) is 0 Å². The van der Waals surface area contributed by atoms with Crippen LogP contribution in [0.2, 0.25) is 24.7 Å². The summed E-state index contributed by atoms with van der Waals surface area (Å²) in [5.74, 6) is 0.684. The van der Waals surface area contributed by atoms with Crippen LogP contribution in [0.25, 0.3) is 0 Å². The van der Waals surface area contributed by atoms with Crippen molar-refractivity contribution in [2.24, 2.45) is 5.92 Å². The van der Waals surface area contributed by atoms with Crippen molar-refractivity contribution in [2.75, 3.05) is 6.61 Å². The third kappa shape index (κ3) is 0.696. The van der Waals surface area contributed by atoms with E-state index in [2.05, 4.69) is 19.6 Å². The minimum atomic E-state index is -1.31. The average Bonchev–Trinajstić information content (AvgIpc) is 2.50. The molecule has 3 heteroatoms. The highest BCUT2D eigenvalue weighted by Gasteiger charge is 2.71. The number of rotatable bonds is 1. The Kier molecular flexibility index (Phi) is 1.14. The first-order valence-electron chi connectivity index (χ1n) is 4.16. The maximum Gasteiger partial charge on any atom is 0.309 e. The van der Waals surface area contributed by atoms with E-state index < -0.39 is 8.07 Å². The van der Waals surface area contributed by atoms with Crippen LogP contribution in [-0.4, -0.2) is 20.7 Å². The standard InChI is InChI=1S/C8H14O2Si/c1-11(2,3)8-4-6(8)5-10-7(8)9/h6H,4-5H2,1-3H3/t6-,8+/m0/s1. The molecule has 2 aliphatic rings. The lowest BCUT2D eigenvalue weighted by molar-refractivity contribution is -0.140. The van der Waals surface area contributed by atoms with Crippen LogP contribution < -0.4 is 0 Å². The van der Waals surface area contributed by atoms with Gasteiger partial charge in [0.2, 0.25) is 0 Å². The van der Waals surface area contributed by atoms with Crippen molar-refractivity contribution < 1.29 is 9.53 Å². The fourth-order valence-electron chi connectivity index (χ4n) is 2.31. The highest BCUT2D eigenvalue weighted by Crippen LogP contribution is 2.69. The Morgan fingerprint density at radius 2 is 2.18 bits per heavy atom. The normalized spacial score (nSPS) is 41.7. The molecule has 0 aromatic carbocycles. The molecule has 1 aliphatic carbocycles. The summed E-state index contributed by atoms with van der Waals surface area (Å²) in [6.07, 6.45) is 1.11. The number of carbonyl (C=O) groups excluding carboxylic acids is 1. The van der Waals surface area contributed by atoms with Crippen molar-refractivity contribution in [2.45, 2.75) is 31.1 Å². The molecule has 2 atom stereocenters. The van der Waals surface area contributed by atoms with Crippen molar-refractivity contribution in [3.8, 4) is 0 Å². The van der Waals surface area contributed by atoms with Gasteiger partial charge < -0.3 is 4.74 Å². The SMILES string of the molecule is C[Si](C)(C)[C@]12C[C@H]1COC2=O. The summed E-state index contributed by atoms with van der Waals surface area (Å²) in [6, 6.07) is 0. The minimum absolute atomic E-state index is 0.0347. The second-order valence-electron chi connectivity index (χ2n) is 4.72. The van der Waals surface area contributed by atoms with Crippen molar-refractivity contribution in [1.82, 2.24) is 0 Å². The molecule has 0 aromatic rings. The molecule has 0 bridgehead atoms. The van der Waals surface area contributed by atoms with Gasteiger partial charge in [-0.05, 0) is 6.42 Å². The lowest BCUT2D eigenvalue weighted by Crippen LogP contribution is -2.34. The van der Waals surface area contributed by atoms with Crippen LogP contribution in [0.1, 0.15) is 6.42 Å². The summed E-state index contributed by atoms with van der Waals surface area (Å²) in [5.41, 5.74) is 0. The van der Waals surface area contributed by atoms with Gasteiger partial charge in [-0.2, -0.15) is 0 Å². The minimum Gasteiger partial charge on any atom is -0.465 e. The fourth-order valence-corrected chi connectivity index (χ4v) is 5.16. The van der Waals surface area contributed by atoms with E-state index in [-0.39, 0.29) is 11.0 Å². The highest BCUT2D eigenvalue weighted by molar-refractivity contribution is 6.83. The van der Waals surface area contributed by atoms with Crippen molar-refractivity contribution in [3.63, 3.8) is 0 Å². The van der Waals surface area contributed by atoms with E-state index in [4.69, 9.17) is 4.74 Å². The van der Waals surface area contributed by atoms with Crippen LogP contribution in [0.15, 0.2) is 0 Å². The Morgan fingerprint density at radius 1 is 1.55 bits per heavy atom. The summed E-state index contributed by atoms with van der Waals surface area (Å²) in [4.78, 5) is 11.4. The third-order valence-electron chi connectivity index (χ3n) is 3.22. The molecule has 0 unspecified atom stereocenters. The highest BCUT2D eigenvalue weighted by atomic mass is 28.3. The Hall–Kier alpha value is -0.313. The first kappa shape index (κ1) is 7.34. The van der Waals surface area contributed by atoms with E-state index in [1.807, 2.05) is 0 Å². The van der Waals surface area contributed by atoms with Gasteiger partial charge in [0, 0.05) is 5.92 Å². The molecular formula is C8H14O2Si. The van der Waals surface area contributed by atoms with E-state index in [1.54, 1.807) is 0 Å². The van der Waals surface area contributed by atoms with Crippen molar-refractivity contribution in [1.29, 1.82) is 0 Å². The number of esters is 1. The Labute approximate surface area is 67.9 Å². The van der Waals surface area contributed by atoms with Gasteiger partial charge in [-0.1, -0.05) is 19.6 Å². The number of cyclic esters (lactones) is 1. The van der Waals surface area contributed by atoms with Gasteiger partial charge in [0.15, 0.2) is 0 Å². The molecule has 1 heterocycles. The van der Waals surface area contributed by atoms with Gasteiger partial charge in [-0.3, -0.25) is 4.79 Å². The zero-order chi connectivity index (χ0) is 8.28. The van der Waals surface area contributed by atoms with E-state index in [0.717, 1.165) is 6.42 Å². The van der Waals surface area contributed by atoms with Crippen LogP contribution in [0.5, 0.6) is 0 Å². The molecule has 2 nitrogen and oxygen atoms in total. The van der Waals surface area contributed by atoms with Gasteiger partial charge >= 0.3 is 5.97 Å². The zero-order valence-corrected chi connectivity index (χ0v) is 8.31.